The molecule has 1 fully saturated rings. The van der Waals surface area contributed by atoms with E-state index in [2.05, 4.69) is 5.32 Å². The third kappa shape index (κ3) is 3.85. The molecule has 1 heterocycles. The summed E-state index contributed by atoms with van der Waals surface area (Å²) in [5.74, 6) is -0.716. The number of sulfonamides is 1. The molecule has 128 valence electrons. The summed E-state index contributed by atoms with van der Waals surface area (Å²) >= 11 is 5.91. The van der Waals surface area contributed by atoms with Crippen molar-refractivity contribution < 1.29 is 17.9 Å². The summed E-state index contributed by atoms with van der Waals surface area (Å²) in [6, 6.07) is 4.06. The van der Waals surface area contributed by atoms with E-state index in [1.54, 1.807) is 0 Å². The molecule has 1 N–H and O–H groups in total. The van der Waals surface area contributed by atoms with Gasteiger partial charge in [-0.2, -0.15) is 4.31 Å². The Bertz CT molecular complexity index is 672. The van der Waals surface area contributed by atoms with Gasteiger partial charge in [-0.25, -0.2) is 13.2 Å². The minimum Gasteiger partial charge on any atom is -0.465 e. The molecule has 8 heteroatoms. The molecule has 23 heavy (non-hydrogen) atoms. The van der Waals surface area contributed by atoms with Gasteiger partial charge in [0, 0.05) is 24.2 Å². The first-order valence-electron chi connectivity index (χ1n) is 7.52. The van der Waals surface area contributed by atoms with Gasteiger partial charge in [-0.1, -0.05) is 18.5 Å². The number of benzene rings is 1. The van der Waals surface area contributed by atoms with Gasteiger partial charge in [-0.15, -0.1) is 0 Å². The molecule has 2 rings (SSSR count). The van der Waals surface area contributed by atoms with Crippen LogP contribution in [0.3, 0.4) is 0 Å². The van der Waals surface area contributed by atoms with E-state index >= 15 is 0 Å². The third-order valence-electron chi connectivity index (χ3n) is 3.82. The predicted molar refractivity (Wildman–Crippen MR) is 88.2 cm³/mol. The van der Waals surface area contributed by atoms with Gasteiger partial charge in [0.2, 0.25) is 10.0 Å². The molecule has 1 atom stereocenters. The van der Waals surface area contributed by atoms with Crippen LogP contribution in [-0.4, -0.2) is 51.5 Å². The van der Waals surface area contributed by atoms with Crippen molar-refractivity contribution in [2.75, 3.05) is 26.7 Å². The minimum absolute atomic E-state index is 0.0351. The number of esters is 1. The fraction of sp³-hybridized carbons (Fsp3) is 0.533. The van der Waals surface area contributed by atoms with Crippen molar-refractivity contribution >= 4 is 27.6 Å². The summed E-state index contributed by atoms with van der Waals surface area (Å²) < 4.78 is 32.4. The second-order valence-corrected chi connectivity index (χ2v) is 7.69. The Balaban J connectivity index is 2.50. The predicted octanol–water partition coefficient (Wildman–Crippen LogP) is 1.89. The molecular weight excluding hydrogens is 340 g/mol. The maximum absolute atomic E-state index is 13.1. The lowest BCUT2D eigenvalue weighted by Gasteiger charge is -2.28. The van der Waals surface area contributed by atoms with Gasteiger partial charge >= 0.3 is 5.97 Å². The van der Waals surface area contributed by atoms with Crippen LogP contribution in [0.15, 0.2) is 23.1 Å². The van der Waals surface area contributed by atoms with Crippen molar-refractivity contribution in [1.82, 2.24) is 9.62 Å². The number of halogens is 1. The molecule has 0 saturated carbocycles. The summed E-state index contributed by atoms with van der Waals surface area (Å²) in [7, 11) is -2.60. The molecule has 0 aromatic heterocycles. The molecule has 0 spiro atoms. The van der Waals surface area contributed by atoms with Crippen molar-refractivity contribution in [1.29, 1.82) is 0 Å². The Hall–Kier alpha value is -1.15. The highest BCUT2D eigenvalue weighted by atomic mass is 35.5. The number of nitrogens with one attached hydrogen (secondary N) is 1. The molecule has 0 bridgehead atoms. The van der Waals surface area contributed by atoms with E-state index in [4.69, 9.17) is 16.3 Å². The second-order valence-electron chi connectivity index (χ2n) is 5.39. The number of rotatable bonds is 6. The fourth-order valence-electron chi connectivity index (χ4n) is 2.73. The minimum atomic E-state index is -3.82. The van der Waals surface area contributed by atoms with Crippen molar-refractivity contribution in [2.45, 2.75) is 30.7 Å². The summed E-state index contributed by atoms with van der Waals surface area (Å²) in [6.07, 6.45) is 1.44. The summed E-state index contributed by atoms with van der Waals surface area (Å²) in [4.78, 5) is 11.9. The number of hydrogen-bond donors (Lipinski definition) is 1. The Morgan fingerprint density at radius 3 is 2.78 bits per heavy atom. The molecule has 1 unspecified atom stereocenters. The van der Waals surface area contributed by atoms with Gasteiger partial charge in [0.15, 0.2) is 0 Å². The van der Waals surface area contributed by atoms with Crippen molar-refractivity contribution in [2.24, 2.45) is 0 Å². The van der Waals surface area contributed by atoms with Crippen LogP contribution < -0.4 is 5.32 Å². The lowest BCUT2D eigenvalue weighted by atomic mass is 10.2. The highest BCUT2D eigenvalue weighted by molar-refractivity contribution is 7.89. The third-order valence-corrected chi connectivity index (χ3v) is 6.06. The molecule has 0 radical (unpaired) electrons. The maximum atomic E-state index is 13.1. The van der Waals surface area contributed by atoms with Crippen LogP contribution in [0, 0.1) is 0 Å². The first-order chi connectivity index (χ1) is 10.9. The molecule has 6 nitrogen and oxygen atoms in total. The van der Waals surface area contributed by atoms with Crippen LogP contribution in [0.4, 0.5) is 0 Å². The smallest absolute Gasteiger partial charge is 0.339 e. The van der Waals surface area contributed by atoms with Gasteiger partial charge < -0.3 is 10.1 Å². The quantitative estimate of drug-likeness (QED) is 0.784. The SMILES string of the molecule is CCCN(C1CCNC1)S(=O)(=O)c1ccc(Cl)cc1C(=O)OC. The number of ether oxygens (including phenoxy) is 1. The topological polar surface area (TPSA) is 75.7 Å². The van der Waals surface area contributed by atoms with Gasteiger partial charge in [-0.3, -0.25) is 0 Å². The highest BCUT2D eigenvalue weighted by Gasteiger charge is 2.35. The van der Waals surface area contributed by atoms with Crippen LogP contribution in [0.1, 0.15) is 30.1 Å². The fourth-order valence-corrected chi connectivity index (χ4v) is 4.81. The summed E-state index contributed by atoms with van der Waals surface area (Å²) in [6.45, 7) is 3.72. The molecule has 0 aliphatic carbocycles. The monoisotopic (exact) mass is 360 g/mol. The van der Waals surface area contributed by atoms with Crippen LogP contribution >= 0.6 is 11.6 Å². The van der Waals surface area contributed by atoms with Crippen LogP contribution in [0.2, 0.25) is 5.02 Å². The Kier molecular flexibility index (Phi) is 6.02. The first-order valence-corrected chi connectivity index (χ1v) is 9.34. The molecule has 0 amide bonds. The van der Waals surface area contributed by atoms with E-state index in [1.807, 2.05) is 6.92 Å². The highest BCUT2D eigenvalue weighted by Crippen LogP contribution is 2.27. The number of carbonyl (C=O) groups excluding carboxylic acids is 1. The van der Waals surface area contributed by atoms with E-state index in [1.165, 1.54) is 29.6 Å². The normalized spacial score (nSPS) is 18.3. The van der Waals surface area contributed by atoms with Crippen LogP contribution in [0.25, 0.3) is 0 Å². The van der Waals surface area contributed by atoms with Crippen molar-refractivity contribution in [3.8, 4) is 0 Å². The molecular formula is C15H21ClN2O4S. The van der Waals surface area contributed by atoms with Crippen LogP contribution in [0.5, 0.6) is 0 Å². The van der Waals surface area contributed by atoms with E-state index in [-0.39, 0.29) is 21.5 Å². The van der Waals surface area contributed by atoms with Gasteiger partial charge in [0.05, 0.1) is 17.6 Å². The van der Waals surface area contributed by atoms with Crippen LogP contribution in [-0.2, 0) is 14.8 Å². The largest absolute Gasteiger partial charge is 0.465 e. The Morgan fingerprint density at radius 1 is 1.48 bits per heavy atom. The lowest BCUT2D eigenvalue weighted by Crippen LogP contribution is -2.42. The van der Waals surface area contributed by atoms with Crippen molar-refractivity contribution in [3.63, 3.8) is 0 Å². The molecule has 1 saturated heterocycles. The van der Waals surface area contributed by atoms with Gasteiger partial charge in [0.25, 0.3) is 0 Å². The maximum Gasteiger partial charge on any atom is 0.339 e. The van der Waals surface area contributed by atoms with Crippen molar-refractivity contribution in [3.05, 3.63) is 28.8 Å². The molecule has 1 aliphatic heterocycles. The Morgan fingerprint density at radius 2 is 2.22 bits per heavy atom. The number of carbonyl (C=O) groups is 1. The van der Waals surface area contributed by atoms with E-state index in [0.717, 1.165) is 13.0 Å². The van der Waals surface area contributed by atoms with E-state index in [0.29, 0.717) is 19.5 Å². The zero-order valence-electron chi connectivity index (χ0n) is 13.2. The number of nitrogens with zero attached hydrogens (tertiary/aromatic N) is 1. The molecule has 1 aromatic rings. The standard InChI is InChI=1S/C15H21ClN2O4S/c1-3-8-18(12-6-7-17-10-12)23(20,21)14-5-4-11(16)9-13(14)15(19)22-2/h4-5,9,12,17H,3,6-8,10H2,1-2H3. The zero-order valence-corrected chi connectivity index (χ0v) is 14.8. The molecule has 1 aromatic carbocycles. The molecule has 1 aliphatic rings. The van der Waals surface area contributed by atoms with Gasteiger partial charge in [0.1, 0.15) is 0 Å². The number of methoxy groups -OCH3 is 1. The van der Waals surface area contributed by atoms with E-state index in [9.17, 15) is 13.2 Å². The summed E-state index contributed by atoms with van der Waals surface area (Å²) in [5.41, 5.74) is -0.0351. The lowest BCUT2D eigenvalue weighted by molar-refractivity contribution is 0.0596. The summed E-state index contributed by atoms with van der Waals surface area (Å²) in [5, 5.41) is 3.46. The average molecular weight is 361 g/mol. The first kappa shape index (κ1) is 18.2. The zero-order chi connectivity index (χ0) is 17.0. The average Bonchev–Trinajstić information content (AvgIpc) is 3.05. The number of hydrogen-bond acceptors (Lipinski definition) is 5. The Labute approximate surface area is 141 Å². The van der Waals surface area contributed by atoms with Gasteiger partial charge in [-0.05, 0) is 37.6 Å². The second kappa shape index (κ2) is 7.61. The van der Waals surface area contributed by atoms with E-state index < -0.39 is 16.0 Å².